The van der Waals surface area contributed by atoms with E-state index in [-0.39, 0.29) is 25.4 Å². The van der Waals surface area contributed by atoms with Crippen LogP contribution < -0.4 is 5.32 Å². The van der Waals surface area contributed by atoms with Crippen LogP contribution in [-0.4, -0.2) is 17.2 Å². The molecular formula is C16H20F3NO2. The highest BCUT2D eigenvalue weighted by Crippen LogP contribution is 2.40. The average molecular weight is 315 g/mol. The predicted octanol–water partition coefficient (Wildman–Crippen LogP) is 3.79. The van der Waals surface area contributed by atoms with E-state index in [0.717, 1.165) is 5.56 Å². The molecule has 1 saturated carbocycles. The number of halogens is 3. The van der Waals surface area contributed by atoms with Gasteiger partial charge in [-0.15, -0.1) is 0 Å². The highest BCUT2D eigenvalue weighted by molar-refractivity contribution is 5.93. The molecule has 0 radical (unpaired) electrons. The maximum absolute atomic E-state index is 12.8. The largest absolute Gasteiger partial charge is 0.392 e. The van der Waals surface area contributed by atoms with Gasteiger partial charge in [0.1, 0.15) is 0 Å². The van der Waals surface area contributed by atoms with E-state index in [1.165, 1.54) is 0 Å². The van der Waals surface area contributed by atoms with Gasteiger partial charge >= 0.3 is 6.18 Å². The molecule has 6 heteroatoms. The number of aliphatic hydroxyl groups is 1. The summed E-state index contributed by atoms with van der Waals surface area (Å²) in [6.45, 7) is 1.65. The van der Waals surface area contributed by atoms with Crippen molar-refractivity contribution in [2.45, 2.75) is 45.4 Å². The van der Waals surface area contributed by atoms with E-state index in [9.17, 15) is 18.0 Å². The van der Waals surface area contributed by atoms with Crippen LogP contribution in [0.15, 0.2) is 18.2 Å². The molecule has 0 saturated heterocycles. The zero-order valence-electron chi connectivity index (χ0n) is 12.4. The number of rotatable bonds is 3. The maximum atomic E-state index is 12.8. The van der Waals surface area contributed by atoms with Crippen molar-refractivity contribution >= 4 is 11.6 Å². The Kier molecular flexibility index (Phi) is 5.11. The first-order valence-corrected chi connectivity index (χ1v) is 7.39. The maximum Gasteiger partial charge on any atom is 0.391 e. The minimum atomic E-state index is -4.23. The Hall–Kier alpha value is -1.56. The van der Waals surface area contributed by atoms with E-state index in [4.69, 9.17) is 5.11 Å². The van der Waals surface area contributed by atoms with E-state index in [0.29, 0.717) is 24.1 Å². The molecule has 2 N–H and O–H groups in total. The van der Waals surface area contributed by atoms with Crippen LogP contribution in [0.5, 0.6) is 0 Å². The van der Waals surface area contributed by atoms with Gasteiger partial charge in [-0.2, -0.15) is 13.2 Å². The first-order valence-electron chi connectivity index (χ1n) is 7.39. The second kappa shape index (κ2) is 6.69. The summed E-state index contributed by atoms with van der Waals surface area (Å²) in [5, 5.41) is 11.8. The number of carbonyl (C=O) groups excluding carboxylic acids is 1. The Bertz CT molecular complexity index is 543. The number of anilines is 1. The summed E-state index contributed by atoms with van der Waals surface area (Å²) in [4.78, 5) is 12.3. The fourth-order valence-electron chi connectivity index (χ4n) is 2.86. The van der Waals surface area contributed by atoms with Gasteiger partial charge in [-0.1, -0.05) is 18.6 Å². The smallest absolute Gasteiger partial charge is 0.391 e. The standard InChI is InChI=1S/C16H20F3NO2/c1-10-5-6-11(9-21)7-14(10)20-15(22)12-3-2-4-13(8-12)16(17,18)19/h5-7,12-13,21H,2-4,8-9H2,1H3,(H,20,22). The van der Waals surface area contributed by atoms with Crippen LogP contribution in [0.3, 0.4) is 0 Å². The van der Waals surface area contributed by atoms with Crippen LogP contribution in [0.4, 0.5) is 18.9 Å². The topological polar surface area (TPSA) is 49.3 Å². The van der Waals surface area contributed by atoms with Crippen LogP contribution in [0.1, 0.15) is 36.8 Å². The number of aliphatic hydroxyl groups excluding tert-OH is 1. The normalized spacial score (nSPS) is 22.4. The van der Waals surface area contributed by atoms with E-state index < -0.39 is 18.0 Å². The van der Waals surface area contributed by atoms with Gasteiger partial charge in [0.15, 0.2) is 0 Å². The van der Waals surface area contributed by atoms with E-state index >= 15 is 0 Å². The van der Waals surface area contributed by atoms with Gasteiger partial charge < -0.3 is 10.4 Å². The minimum Gasteiger partial charge on any atom is -0.392 e. The molecule has 1 fully saturated rings. The molecule has 1 amide bonds. The number of hydrogen-bond acceptors (Lipinski definition) is 2. The lowest BCUT2D eigenvalue weighted by Gasteiger charge is -2.29. The average Bonchev–Trinajstić information content (AvgIpc) is 2.48. The van der Waals surface area contributed by atoms with E-state index in [2.05, 4.69) is 5.32 Å². The number of aryl methyl sites for hydroxylation is 1. The Morgan fingerprint density at radius 1 is 1.36 bits per heavy atom. The van der Waals surface area contributed by atoms with Crippen molar-refractivity contribution in [2.75, 3.05) is 5.32 Å². The second-order valence-electron chi connectivity index (χ2n) is 5.90. The Morgan fingerprint density at radius 2 is 2.09 bits per heavy atom. The molecule has 2 rings (SSSR count). The third-order valence-electron chi connectivity index (χ3n) is 4.25. The van der Waals surface area contributed by atoms with Crippen molar-refractivity contribution < 1.29 is 23.1 Å². The molecule has 3 nitrogen and oxygen atoms in total. The molecule has 1 aromatic carbocycles. The first kappa shape index (κ1) is 16.8. The number of amides is 1. The van der Waals surface area contributed by atoms with E-state index in [1.807, 2.05) is 0 Å². The Labute approximate surface area is 127 Å². The van der Waals surface area contributed by atoms with Crippen LogP contribution >= 0.6 is 0 Å². The third-order valence-corrected chi connectivity index (χ3v) is 4.25. The van der Waals surface area contributed by atoms with Gasteiger partial charge in [0.05, 0.1) is 12.5 Å². The minimum absolute atomic E-state index is 0.103. The lowest BCUT2D eigenvalue weighted by molar-refractivity contribution is -0.185. The first-order chi connectivity index (χ1) is 10.3. The van der Waals surface area contributed by atoms with Crippen molar-refractivity contribution in [3.05, 3.63) is 29.3 Å². The number of benzene rings is 1. The molecule has 22 heavy (non-hydrogen) atoms. The molecule has 0 aromatic heterocycles. The summed E-state index contributed by atoms with van der Waals surface area (Å²) < 4.78 is 38.4. The number of alkyl halides is 3. The quantitative estimate of drug-likeness (QED) is 0.891. The number of hydrogen-bond donors (Lipinski definition) is 2. The van der Waals surface area contributed by atoms with Crippen LogP contribution in [0, 0.1) is 18.8 Å². The predicted molar refractivity (Wildman–Crippen MR) is 77.2 cm³/mol. The molecule has 0 bridgehead atoms. The van der Waals surface area contributed by atoms with Crippen LogP contribution in [0.2, 0.25) is 0 Å². The molecule has 0 spiro atoms. The van der Waals surface area contributed by atoms with Gasteiger partial charge in [-0.25, -0.2) is 0 Å². The SMILES string of the molecule is Cc1ccc(CO)cc1NC(=O)C1CCCC(C(F)(F)F)C1. The zero-order chi connectivity index (χ0) is 16.3. The van der Waals surface area contributed by atoms with Gasteiger partial charge in [0.2, 0.25) is 5.91 Å². The van der Waals surface area contributed by atoms with Crippen molar-refractivity contribution in [3.8, 4) is 0 Å². The van der Waals surface area contributed by atoms with Gasteiger partial charge in [0, 0.05) is 11.6 Å². The van der Waals surface area contributed by atoms with Crippen molar-refractivity contribution in [1.82, 2.24) is 0 Å². The van der Waals surface area contributed by atoms with Crippen molar-refractivity contribution in [3.63, 3.8) is 0 Å². The zero-order valence-corrected chi connectivity index (χ0v) is 12.4. The molecule has 2 unspecified atom stereocenters. The summed E-state index contributed by atoms with van der Waals surface area (Å²) in [6.07, 6.45) is -3.37. The molecule has 1 aliphatic carbocycles. The number of carbonyl (C=O) groups is 1. The Balaban J connectivity index is 2.06. The lowest BCUT2D eigenvalue weighted by atomic mass is 9.80. The van der Waals surface area contributed by atoms with E-state index in [1.54, 1.807) is 25.1 Å². The molecule has 1 aromatic rings. The summed E-state index contributed by atoms with van der Waals surface area (Å²) >= 11 is 0. The van der Waals surface area contributed by atoms with Crippen molar-refractivity contribution in [2.24, 2.45) is 11.8 Å². The Morgan fingerprint density at radius 3 is 2.73 bits per heavy atom. The van der Waals surface area contributed by atoms with Crippen LogP contribution in [0.25, 0.3) is 0 Å². The molecule has 1 aliphatic rings. The van der Waals surface area contributed by atoms with Gasteiger partial charge in [0.25, 0.3) is 0 Å². The number of nitrogens with one attached hydrogen (secondary N) is 1. The fraction of sp³-hybridized carbons (Fsp3) is 0.562. The highest BCUT2D eigenvalue weighted by atomic mass is 19.4. The summed E-state index contributed by atoms with van der Waals surface area (Å²) in [6, 6.07) is 5.16. The summed E-state index contributed by atoms with van der Waals surface area (Å²) in [7, 11) is 0. The highest BCUT2D eigenvalue weighted by Gasteiger charge is 2.43. The van der Waals surface area contributed by atoms with Gasteiger partial charge in [-0.3, -0.25) is 4.79 Å². The molecule has 2 atom stereocenters. The summed E-state index contributed by atoms with van der Waals surface area (Å²) in [5.74, 6) is -2.37. The van der Waals surface area contributed by atoms with Crippen molar-refractivity contribution in [1.29, 1.82) is 0 Å². The third kappa shape index (κ3) is 4.00. The molecule has 0 aliphatic heterocycles. The molecular weight excluding hydrogens is 295 g/mol. The fourth-order valence-corrected chi connectivity index (χ4v) is 2.86. The molecule has 122 valence electrons. The second-order valence-corrected chi connectivity index (χ2v) is 5.90. The lowest BCUT2D eigenvalue weighted by Crippen LogP contribution is -2.34. The molecule has 0 heterocycles. The van der Waals surface area contributed by atoms with Crippen LogP contribution in [-0.2, 0) is 11.4 Å². The monoisotopic (exact) mass is 315 g/mol. The van der Waals surface area contributed by atoms with Gasteiger partial charge in [-0.05, 0) is 43.4 Å². The summed E-state index contributed by atoms with van der Waals surface area (Å²) in [5.41, 5.74) is 2.01.